The molecule has 2 aliphatic rings. The van der Waals surface area contributed by atoms with Gasteiger partial charge in [0, 0.05) is 0 Å². The molecule has 84 valence electrons. The number of hydrogen-bond acceptors (Lipinski definition) is 1. The predicted molar refractivity (Wildman–Crippen MR) is 72.4 cm³/mol. The van der Waals surface area contributed by atoms with Gasteiger partial charge < -0.3 is 0 Å². The molecule has 1 aromatic rings. The van der Waals surface area contributed by atoms with E-state index in [0.717, 1.165) is 11.2 Å². The van der Waals surface area contributed by atoms with Gasteiger partial charge in [-0.2, -0.15) is 0 Å². The van der Waals surface area contributed by atoms with Crippen LogP contribution in [0.4, 0.5) is 0 Å². The van der Waals surface area contributed by atoms with Crippen LogP contribution in [-0.4, -0.2) is 33.6 Å². The van der Waals surface area contributed by atoms with E-state index in [2.05, 4.69) is 61.1 Å². The Labute approximate surface area is 106 Å². The summed E-state index contributed by atoms with van der Waals surface area (Å²) in [7, 11) is 4.14. The second kappa shape index (κ2) is 4.10. The van der Waals surface area contributed by atoms with Gasteiger partial charge in [-0.3, -0.25) is 0 Å². The molecular formula is C14H13N2Se+. The third kappa shape index (κ3) is 1.92. The summed E-state index contributed by atoms with van der Waals surface area (Å²) in [6.07, 6.45) is 0. The van der Waals surface area contributed by atoms with Gasteiger partial charge >= 0.3 is 106 Å². The number of rotatable bonds is 0. The molecule has 0 atom stereocenters. The fraction of sp³-hybridized carbons (Fsp3) is 0.143. The number of benzene rings is 2. The molecule has 0 amide bonds. The van der Waals surface area contributed by atoms with E-state index in [9.17, 15) is 0 Å². The third-order valence-corrected chi connectivity index (χ3v) is 5.12. The van der Waals surface area contributed by atoms with Crippen molar-refractivity contribution in [1.29, 1.82) is 0 Å². The summed E-state index contributed by atoms with van der Waals surface area (Å²) in [5.41, 5.74) is 2.27. The molecule has 3 heteroatoms. The first-order valence-corrected chi connectivity index (χ1v) is 7.25. The van der Waals surface area contributed by atoms with Crippen molar-refractivity contribution in [2.75, 3.05) is 14.1 Å². The summed E-state index contributed by atoms with van der Waals surface area (Å²) in [4.78, 5) is 4.71. The summed E-state index contributed by atoms with van der Waals surface area (Å²) < 4.78 is 4.89. The van der Waals surface area contributed by atoms with E-state index in [1.807, 2.05) is 0 Å². The molecule has 2 nitrogen and oxygen atoms in total. The van der Waals surface area contributed by atoms with Crippen LogP contribution in [0.2, 0.25) is 0 Å². The Balaban J connectivity index is 2.42. The zero-order chi connectivity index (χ0) is 11.8. The Kier molecular flexibility index (Phi) is 2.58. The van der Waals surface area contributed by atoms with E-state index < -0.39 is 0 Å². The van der Waals surface area contributed by atoms with Gasteiger partial charge in [-0.05, 0) is 0 Å². The van der Waals surface area contributed by atoms with Gasteiger partial charge in [-0.25, -0.2) is 0 Å². The van der Waals surface area contributed by atoms with Crippen LogP contribution in [0.1, 0.15) is 0 Å². The second-order valence-corrected chi connectivity index (χ2v) is 6.50. The summed E-state index contributed by atoms with van der Waals surface area (Å²) in [6.45, 7) is 0. The van der Waals surface area contributed by atoms with Gasteiger partial charge in [-0.15, -0.1) is 0 Å². The van der Waals surface area contributed by atoms with Crippen LogP contribution in [0.25, 0.3) is 19.9 Å². The van der Waals surface area contributed by atoms with Crippen molar-refractivity contribution in [1.82, 2.24) is 9.56 Å². The summed E-state index contributed by atoms with van der Waals surface area (Å²) >= 11 is 0.375. The van der Waals surface area contributed by atoms with Crippen LogP contribution in [0.5, 0.6) is 0 Å². The van der Waals surface area contributed by atoms with Crippen LogP contribution in [0.3, 0.4) is 0 Å². The Hall–Kier alpha value is -1.44. The second-order valence-electron chi connectivity index (χ2n) is 4.23. The summed E-state index contributed by atoms with van der Waals surface area (Å²) in [5.74, 6) is 0. The molecule has 3 rings (SSSR count). The molecule has 1 heterocycles. The molecular weight excluding hydrogens is 275 g/mol. The van der Waals surface area contributed by atoms with Crippen molar-refractivity contribution in [3.63, 3.8) is 0 Å². The molecule has 0 saturated carbocycles. The zero-order valence-corrected chi connectivity index (χ0v) is 11.6. The normalized spacial score (nSPS) is 10.9. The van der Waals surface area contributed by atoms with Crippen LogP contribution >= 0.6 is 0 Å². The van der Waals surface area contributed by atoms with Crippen molar-refractivity contribution in [2.24, 2.45) is 0 Å². The molecule has 0 N–H and O–H groups in total. The topological polar surface area (TPSA) is 15.9 Å². The van der Waals surface area contributed by atoms with E-state index in [1.165, 1.54) is 14.1 Å². The Bertz CT molecular complexity index is 724. The summed E-state index contributed by atoms with van der Waals surface area (Å²) in [6, 6.07) is 14.9. The van der Waals surface area contributed by atoms with E-state index in [1.54, 1.807) is 0 Å². The van der Waals surface area contributed by atoms with Gasteiger partial charge in [0.05, 0.1) is 0 Å². The molecule has 1 aromatic carbocycles. The maximum atomic E-state index is 4.71. The van der Waals surface area contributed by atoms with Gasteiger partial charge in [0.15, 0.2) is 0 Å². The van der Waals surface area contributed by atoms with E-state index in [4.69, 9.17) is 4.98 Å². The molecule has 0 unspecified atom stereocenters. The van der Waals surface area contributed by atoms with E-state index >= 15 is 0 Å². The van der Waals surface area contributed by atoms with Crippen molar-refractivity contribution < 1.29 is 0 Å². The fourth-order valence-corrected chi connectivity index (χ4v) is 3.94. The molecule has 0 radical (unpaired) electrons. The maximum absolute atomic E-state index is 4.71. The first kappa shape index (κ1) is 10.7. The number of para-hydroxylation sites is 1. The SMILES string of the molecule is C[N+](C)=c1ccc2nc3ccccc3[se]c-2c1. The van der Waals surface area contributed by atoms with E-state index in [-0.39, 0.29) is 0 Å². The first-order valence-electron chi connectivity index (χ1n) is 5.54. The minimum atomic E-state index is 0.375. The number of aromatic nitrogens is 1. The molecule has 0 fully saturated rings. The van der Waals surface area contributed by atoms with Crippen LogP contribution in [0.15, 0.2) is 42.5 Å². The average molecular weight is 288 g/mol. The van der Waals surface area contributed by atoms with Gasteiger partial charge in [0.25, 0.3) is 0 Å². The van der Waals surface area contributed by atoms with Crippen molar-refractivity contribution in [3.8, 4) is 10.1 Å². The number of hydrogen-bond donors (Lipinski definition) is 0. The van der Waals surface area contributed by atoms with Crippen LogP contribution in [0, 0.1) is 0 Å². The van der Waals surface area contributed by atoms with Crippen molar-refractivity contribution in [2.45, 2.75) is 0 Å². The van der Waals surface area contributed by atoms with Crippen molar-refractivity contribution in [3.05, 3.63) is 47.8 Å². The number of nitrogens with zero attached hydrogens (tertiary/aromatic N) is 2. The zero-order valence-electron chi connectivity index (χ0n) is 9.84. The van der Waals surface area contributed by atoms with Crippen LogP contribution in [-0.2, 0) is 0 Å². The molecule has 1 aliphatic heterocycles. The predicted octanol–water partition coefficient (Wildman–Crippen LogP) is 1.43. The molecule has 17 heavy (non-hydrogen) atoms. The minimum absolute atomic E-state index is 0.375. The molecule has 0 aromatic heterocycles. The molecule has 1 aliphatic carbocycles. The van der Waals surface area contributed by atoms with Gasteiger partial charge in [0.1, 0.15) is 0 Å². The first-order chi connectivity index (χ1) is 8.24. The standard InChI is InChI=1S/C14H13N2Se/c1-16(2)10-7-8-12-14(9-10)17-13-6-4-3-5-11(13)15-12/h3-9H,1-2H3/q+1. The average Bonchev–Trinajstić information content (AvgIpc) is 2.35. The monoisotopic (exact) mass is 289 g/mol. The van der Waals surface area contributed by atoms with E-state index in [0.29, 0.717) is 14.5 Å². The number of fused-ring (bicyclic) bond motifs is 2. The van der Waals surface area contributed by atoms with Gasteiger partial charge in [0.2, 0.25) is 0 Å². The third-order valence-electron chi connectivity index (χ3n) is 2.79. The Morgan fingerprint density at radius 1 is 1.06 bits per heavy atom. The molecule has 0 bridgehead atoms. The molecule has 0 spiro atoms. The Morgan fingerprint density at radius 2 is 1.88 bits per heavy atom. The van der Waals surface area contributed by atoms with Crippen molar-refractivity contribution >= 4 is 24.3 Å². The van der Waals surface area contributed by atoms with Crippen LogP contribution < -0.4 is 9.93 Å². The Morgan fingerprint density at radius 3 is 2.71 bits per heavy atom. The fourth-order valence-electron chi connectivity index (χ4n) is 1.84. The summed E-state index contributed by atoms with van der Waals surface area (Å²) in [5, 5.41) is 1.25. The van der Waals surface area contributed by atoms with Gasteiger partial charge in [-0.1, -0.05) is 0 Å². The molecule has 0 saturated heterocycles. The quantitative estimate of drug-likeness (QED) is 0.347.